The third-order valence-electron chi connectivity index (χ3n) is 1.76. The van der Waals surface area contributed by atoms with Gasteiger partial charge in [-0.2, -0.15) is 0 Å². The molecule has 1 rings (SSSR count). The van der Waals surface area contributed by atoms with Gasteiger partial charge in [0.05, 0.1) is 12.7 Å². The van der Waals surface area contributed by atoms with Gasteiger partial charge in [0, 0.05) is 17.0 Å². The molecule has 76 valence electrons. The second-order valence-electron chi connectivity index (χ2n) is 2.57. The van der Waals surface area contributed by atoms with Gasteiger partial charge in [-0.25, -0.2) is 9.18 Å². The molecule has 1 N–H and O–H groups in total. The summed E-state index contributed by atoms with van der Waals surface area (Å²) >= 11 is 3.13. The van der Waals surface area contributed by atoms with E-state index in [4.69, 9.17) is 9.84 Å². The van der Waals surface area contributed by atoms with Crippen LogP contribution in [0.4, 0.5) is 4.39 Å². The monoisotopic (exact) mass is 262 g/mol. The molecule has 0 saturated carbocycles. The average Bonchev–Trinajstić information content (AvgIpc) is 2.16. The van der Waals surface area contributed by atoms with E-state index in [2.05, 4.69) is 15.9 Å². The second kappa shape index (κ2) is 4.41. The standard InChI is InChI=1S/C9H8BrFO3/c1-14-8-3-5(11)2-6(9(12)13)7(8)4-10/h2-3H,4H2,1H3,(H,12,13). The van der Waals surface area contributed by atoms with Crippen LogP contribution in [0.1, 0.15) is 15.9 Å². The smallest absolute Gasteiger partial charge is 0.336 e. The lowest BCUT2D eigenvalue weighted by Gasteiger charge is -2.09. The summed E-state index contributed by atoms with van der Waals surface area (Å²) in [6.07, 6.45) is 0. The van der Waals surface area contributed by atoms with Crippen molar-refractivity contribution in [2.24, 2.45) is 0 Å². The number of alkyl halides is 1. The Balaban J connectivity index is 3.39. The van der Waals surface area contributed by atoms with Crippen molar-refractivity contribution in [3.05, 3.63) is 29.1 Å². The van der Waals surface area contributed by atoms with E-state index in [-0.39, 0.29) is 11.3 Å². The summed E-state index contributed by atoms with van der Waals surface area (Å²) in [5.41, 5.74) is 0.347. The topological polar surface area (TPSA) is 46.5 Å². The molecule has 0 heterocycles. The fourth-order valence-corrected chi connectivity index (χ4v) is 1.70. The van der Waals surface area contributed by atoms with Crippen LogP contribution in [-0.2, 0) is 5.33 Å². The van der Waals surface area contributed by atoms with E-state index in [1.165, 1.54) is 7.11 Å². The molecule has 0 radical (unpaired) electrons. The summed E-state index contributed by atoms with van der Waals surface area (Å²) in [5, 5.41) is 9.10. The van der Waals surface area contributed by atoms with E-state index in [9.17, 15) is 9.18 Å². The number of halogens is 2. The van der Waals surface area contributed by atoms with Crippen LogP contribution >= 0.6 is 15.9 Å². The number of carboxylic acid groups (broad SMARTS) is 1. The van der Waals surface area contributed by atoms with Gasteiger partial charge in [0.15, 0.2) is 0 Å². The zero-order valence-corrected chi connectivity index (χ0v) is 8.97. The molecule has 1 aromatic carbocycles. The summed E-state index contributed by atoms with van der Waals surface area (Å²) in [4.78, 5) is 10.8. The van der Waals surface area contributed by atoms with Gasteiger partial charge in [-0.15, -0.1) is 0 Å². The minimum absolute atomic E-state index is 0.0845. The molecule has 0 aliphatic carbocycles. The van der Waals surface area contributed by atoms with Crippen LogP contribution in [0.5, 0.6) is 5.75 Å². The predicted molar refractivity (Wildman–Crippen MR) is 52.5 cm³/mol. The number of aromatic carboxylic acids is 1. The van der Waals surface area contributed by atoms with E-state index in [1.807, 2.05) is 0 Å². The van der Waals surface area contributed by atoms with Gasteiger partial charge >= 0.3 is 5.97 Å². The number of hydrogen-bond acceptors (Lipinski definition) is 2. The van der Waals surface area contributed by atoms with Crippen molar-refractivity contribution in [2.45, 2.75) is 5.33 Å². The van der Waals surface area contributed by atoms with Gasteiger partial charge in [-0.1, -0.05) is 15.9 Å². The molecule has 0 bridgehead atoms. The molecule has 0 unspecified atom stereocenters. The van der Waals surface area contributed by atoms with E-state index >= 15 is 0 Å². The fraction of sp³-hybridized carbons (Fsp3) is 0.222. The number of carbonyl (C=O) groups is 1. The molecule has 0 aliphatic heterocycles. The summed E-state index contributed by atoms with van der Waals surface area (Å²) in [7, 11) is 1.37. The minimum Gasteiger partial charge on any atom is -0.496 e. The minimum atomic E-state index is -1.17. The molecule has 14 heavy (non-hydrogen) atoms. The number of ether oxygens (including phenoxy) is 1. The highest BCUT2D eigenvalue weighted by Gasteiger charge is 2.15. The first-order chi connectivity index (χ1) is 6.60. The van der Waals surface area contributed by atoms with Crippen LogP contribution in [0.3, 0.4) is 0 Å². The average molecular weight is 263 g/mol. The SMILES string of the molecule is COc1cc(F)cc(C(=O)O)c1CBr. The van der Waals surface area contributed by atoms with Crippen LogP contribution in [0.2, 0.25) is 0 Å². The van der Waals surface area contributed by atoms with Crippen LogP contribution < -0.4 is 4.74 Å². The van der Waals surface area contributed by atoms with E-state index < -0.39 is 11.8 Å². The lowest BCUT2D eigenvalue weighted by molar-refractivity contribution is 0.0695. The Bertz CT molecular complexity index is 365. The molecule has 0 aliphatic rings. The van der Waals surface area contributed by atoms with Crippen molar-refractivity contribution >= 4 is 21.9 Å². The highest BCUT2D eigenvalue weighted by atomic mass is 79.9. The Morgan fingerprint density at radius 2 is 2.29 bits per heavy atom. The maximum Gasteiger partial charge on any atom is 0.336 e. The number of rotatable bonds is 3. The van der Waals surface area contributed by atoms with Crippen molar-refractivity contribution in [1.29, 1.82) is 0 Å². The largest absolute Gasteiger partial charge is 0.496 e. The maximum absolute atomic E-state index is 12.9. The Morgan fingerprint density at radius 1 is 1.64 bits per heavy atom. The van der Waals surface area contributed by atoms with Gasteiger partial charge in [0.1, 0.15) is 11.6 Å². The van der Waals surface area contributed by atoms with Crippen molar-refractivity contribution in [2.75, 3.05) is 7.11 Å². The Kier molecular flexibility index (Phi) is 3.46. The third-order valence-corrected chi connectivity index (χ3v) is 2.32. The van der Waals surface area contributed by atoms with Crippen molar-refractivity contribution in [3.8, 4) is 5.75 Å². The number of carboxylic acids is 1. The molecular weight excluding hydrogens is 255 g/mol. The summed E-state index contributed by atoms with van der Waals surface area (Å²) in [5.74, 6) is -1.56. The van der Waals surface area contributed by atoms with E-state index in [0.717, 1.165) is 12.1 Å². The van der Waals surface area contributed by atoms with Gasteiger partial charge < -0.3 is 9.84 Å². The first-order valence-electron chi connectivity index (χ1n) is 3.75. The van der Waals surface area contributed by atoms with Gasteiger partial charge in [-0.05, 0) is 6.07 Å². The molecule has 0 spiro atoms. The first kappa shape index (κ1) is 11.0. The Morgan fingerprint density at radius 3 is 2.71 bits per heavy atom. The van der Waals surface area contributed by atoms with Gasteiger partial charge in [-0.3, -0.25) is 0 Å². The van der Waals surface area contributed by atoms with Crippen molar-refractivity contribution < 1.29 is 19.0 Å². The highest BCUT2D eigenvalue weighted by Crippen LogP contribution is 2.26. The number of benzene rings is 1. The van der Waals surface area contributed by atoms with Crippen LogP contribution in [0.15, 0.2) is 12.1 Å². The molecule has 0 amide bonds. The number of methoxy groups -OCH3 is 1. The molecule has 0 aromatic heterocycles. The van der Waals surface area contributed by atoms with Crippen molar-refractivity contribution in [1.82, 2.24) is 0 Å². The predicted octanol–water partition coefficient (Wildman–Crippen LogP) is 2.43. The van der Waals surface area contributed by atoms with E-state index in [0.29, 0.717) is 10.9 Å². The maximum atomic E-state index is 12.9. The molecule has 3 nitrogen and oxygen atoms in total. The Labute approximate surface area is 88.6 Å². The molecule has 0 atom stereocenters. The van der Waals surface area contributed by atoms with Gasteiger partial charge in [0.2, 0.25) is 0 Å². The quantitative estimate of drug-likeness (QED) is 0.852. The normalized spacial score (nSPS) is 9.93. The first-order valence-corrected chi connectivity index (χ1v) is 4.88. The molecule has 0 saturated heterocycles. The summed E-state index contributed by atoms with van der Waals surface area (Å²) < 4.78 is 17.8. The molecular formula is C9H8BrFO3. The summed E-state index contributed by atoms with van der Waals surface area (Å²) in [6, 6.07) is 2.13. The van der Waals surface area contributed by atoms with E-state index in [1.54, 1.807) is 0 Å². The second-order valence-corrected chi connectivity index (χ2v) is 3.13. The van der Waals surface area contributed by atoms with Crippen LogP contribution in [0.25, 0.3) is 0 Å². The Hall–Kier alpha value is -1.10. The molecule has 0 fully saturated rings. The van der Waals surface area contributed by atoms with Crippen LogP contribution in [0, 0.1) is 5.82 Å². The number of hydrogen-bond donors (Lipinski definition) is 1. The lowest BCUT2D eigenvalue weighted by atomic mass is 10.1. The van der Waals surface area contributed by atoms with Gasteiger partial charge in [0.25, 0.3) is 0 Å². The lowest BCUT2D eigenvalue weighted by Crippen LogP contribution is -2.04. The third kappa shape index (κ3) is 2.04. The zero-order chi connectivity index (χ0) is 10.7. The molecule has 5 heteroatoms. The highest BCUT2D eigenvalue weighted by molar-refractivity contribution is 9.08. The van der Waals surface area contributed by atoms with Crippen molar-refractivity contribution in [3.63, 3.8) is 0 Å². The summed E-state index contributed by atoms with van der Waals surface area (Å²) in [6.45, 7) is 0. The fourth-order valence-electron chi connectivity index (χ4n) is 1.12. The molecule has 1 aromatic rings. The zero-order valence-electron chi connectivity index (χ0n) is 7.38. The van der Waals surface area contributed by atoms with Crippen LogP contribution in [-0.4, -0.2) is 18.2 Å².